The number of ether oxygens (including phenoxy) is 1. The van der Waals surface area contributed by atoms with Crippen LogP contribution in [-0.2, 0) is 11.3 Å². The number of fused-ring (bicyclic) bond motifs is 1. The monoisotopic (exact) mass is 461 g/mol. The summed E-state index contributed by atoms with van der Waals surface area (Å²) in [6, 6.07) is 10.2. The summed E-state index contributed by atoms with van der Waals surface area (Å²) in [5, 5.41) is 12.0. The molecule has 2 amide bonds. The number of likely N-dealkylation sites (N-methyl/N-ethyl adjacent to an activating group) is 1. The summed E-state index contributed by atoms with van der Waals surface area (Å²) in [6.07, 6.45) is 2.26. The van der Waals surface area contributed by atoms with E-state index < -0.39 is 0 Å². The van der Waals surface area contributed by atoms with Gasteiger partial charge in [0.2, 0.25) is 5.95 Å². The SMILES string of the molecule is COCCCn1c(NC(=O)c2cccc(C#N)c2)nc2cc(C(=O)N3CCN(C)CC3)cnc21. The summed E-state index contributed by atoms with van der Waals surface area (Å²) in [7, 11) is 3.67. The first-order chi connectivity index (χ1) is 16.5. The second-order valence-corrected chi connectivity index (χ2v) is 8.24. The predicted octanol–water partition coefficient (Wildman–Crippen LogP) is 1.98. The molecule has 176 valence electrons. The van der Waals surface area contributed by atoms with Crippen LogP contribution in [0.4, 0.5) is 5.95 Å². The Hall–Kier alpha value is -3.81. The van der Waals surface area contributed by atoms with Crippen molar-refractivity contribution in [1.82, 2.24) is 24.3 Å². The minimum atomic E-state index is -0.380. The fraction of sp³-hybridized carbons (Fsp3) is 0.375. The highest BCUT2D eigenvalue weighted by Crippen LogP contribution is 2.21. The molecule has 10 heteroatoms. The van der Waals surface area contributed by atoms with Gasteiger partial charge in [-0.1, -0.05) is 6.07 Å². The number of nitrogens with one attached hydrogen (secondary N) is 1. The van der Waals surface area contributed by atoms with E-state index in [9.17, 15) is 9.59 Å². The largest absolute Gasteiger partial charge is 0.385 e. The Morgan fingerprint density at radius 3 is 2.71 bits per heavy atom. The van der Waals surface area contributed by atoms with E-state index in [4.69, 9.17) is 10.00 Å². The molecule has 0 unspecified atom stereocenters. The molecule has 0 aliphatic carbocycles. The Morgan fingerprint density at radius 2 is 1.97 bits per heavy atom. The number of piperazine rings is 1. The fourth-order valence-electron chi connectivity index (χ4n) is 3.90. The maximum atomic E-state index is 13.0. The number of aryl methyl sites for hydroxylation is 1. The van der Waals surface area contributed by atoms with Crippen molar-refractivity contribution in [2.24, 2.45) is 0 Å². The van der Waals surface area contributed by atoms with Crippen LogP contribution in [0.3, 0.4) is 0 Å². The molecule has 1 saturated heterocycles. The van der Waals surface area contributed by atoms with Gasteiger partial charge in [-0.3, -0.25) is 19.5 Å². The number of aromatic nitrogens is 3. The highest BCUT2D eigenvalue weighted by molar-refractivity contribution is 6.04. The summed E-state index contributed by atoms with van der Waals surface area (Å²) >= 11 is 0. The van der Waals surface area contributed by atoms with Crippen LogP contribution in [0.2, 0.25) is 0 Å². The van der Waals surface area contributed by atoms with E-state index in [0.717, 1.165) is 13.1 Å². The maximum absolute atomic E-state index is 13.0. The van der Waals surface area contributed by atoms with Gasteiger partial charge < -0.3 is 14.5 Å². The van der Waals surface area contributed by atoms with Gasteiger partial charge in [-0.15, -0.1) is 0 Å². The topological polar surface area (TPSA) is 116 Å². The van der Waals surface area contributed by atoms with Crippen molar-refractivity contribution in [3.05, 3.63) is 53.2 Å². The first-order valence-electron chi connectivity index (χ1n) is 11.1. The summed E-state index contributed by atoms with van der Waals surface area (Å²) in [5.41, 5.74) is 2.33. The minimum absolute atomic E-state index is 0.0738. The van der Waals surface area contributed by atoms with Crippen LogP contribution < -0.4 is 5.32 Å². The third kappa shape index (κ3) is 5.06. The predicted molar refractivity (Wildman–Crippen MR) is 127 cm³/mol. The molecule has 34 heavy (non-hydrogen) atoms. The number of methoxy groups -OCH3 is 1. The molecule has 1 aromatic carbocycles. The summed E-state index contributed by atoms with van der Waals surface area (Å²) in [5.74, 6) is -0.125. The van der Waals surface area contributed by atoms with E-state index in [1.54, 1.807) is 37.6 Å². The van der Waals surface area contributed by atoms with E-state index in [1.807, 2.05) is 22.6 Å². The molecule has 3 aromatic rings. The van der Waals surface area contributed by atoms with Gasteiger partial charge in [0.05, 0.1) is 17.2 Å². The number of carbonyl (C=O) groups is 2. The number of amides is 2. The number of carbonyl (C=O) groups excluding carboxylic acids is 2. The van der Waals surface area contributed by atoms with E-state index in [0.29, 0.717) is 66.5 Å². The molecule has 1 fully saturated rings. The molecule has 1 aliphatic rings. The molecule has 4 rings (SSSR count). The third-order valence-corrected chi connectivity index (χ3v) is 5.83. The highest BCUT2D eigenvalue weighted by Gasteiger charge is 2.22. The van der Waals surface area contributed by atoms with Crippen LogP contribution in [0.15, 0.2) is 36.5 Å². The molecule has 1 N–H and O–H groups in total. The number of hydrogen-bond donors (Lipinski definition) is 1. The number of anilines is 1. The Kier molecular flexibility index (Phi) is 7.15. The molecular weight excluding hydrogens is 434 g/mol. The van der Waals surface area contributed by atoms with Crippen LogP contribution in [0, 0.1) is 11.3 Å². The average molecular weight is 462 g/mol. The van der Waals surface area contributed by atoms with E-state index in [-0.39, 0.29) is 11.8 Å². The standard InChI is InChI=1S/C24H27N7O3/c1-29-8-10-30(11-9-29)23(33)19-14-20-21(26-16-19)31(7-4-12-34-2)24(27-20)28-22(32)18-6-3-5-17(13-18)15-25/h3,5-6,13-14,16H,4,7-12H2,1-2H3,(H,27,28,32). The molecule has 0 saturated carbocycles. The summed E-state index contributed by atoms with van der Waals surface area (Å²) in [6.45, 7) is 4.06. The van der Waals surface area contributed by atoms with Crippen molar-refractivity contribution in [2.75, 3.05) is 52.3 Å². The number of hydrogen-bond acceptors (Lipinski definition) is 7. The van der Waals surface area contributed by atoms with Crippen molar-refractivity contribution in [3.63, 3.8) is 0 Å². The molecular formula is C24H27N7O3. The molecule has 10 nitrogen and oxygen atoms in total. The van der Waals surface area contributed by atoms with E-state index in [2.05, 4.69) is 20.2 Å². The fourth-order valence-corrected chi connectivity index (χ4v) is 3.90. The Labute approximate surface area is 197 Å². The molecule has 0 spiro atoms. The Morgan fingerprint density at radius 1 is 1.18 bits per heavy atom. The maximum Gasteiger partial charge on any atom is 0.258 e. The molecule has 0 radical (unpaired) electrons. The van der Waals surface area contributed by atoms with Crippen molar-refractivity contribution in [2.45, 2.75) is 13.0 Å². The lowest BCUT2D eigenvalue weighted by Crippen LogP contribution is -2.47. The molecule has 2 aromatic heterocycles. The highest BCUT2D eigenvalue weighted by atomic mass is 16.5. The number of nitriles is 1. The molecule has 0 atom stereocenters. The van der Waals surface area contributed by atoms with Gasteiger partial charge in [0, 0.05) is 58.2 Å². The van der Waals surface area contributed by atoms with Gasteiger partial charge in [0.15, 0.2) is 5.65 Å². The zero-order chi connectivity index (χ0) is 24.1. The number of benzene rings is 1. The number of rotatable bonds is 7. The molecule has 0 bridgehead atoms. The van der Waals surface area contributed by atoms with Crippen LogP contribution >= 0.6 is 0 Å². The number of nitrogens with zero attached hydrogens (tertiary/aromatic N) is 6. The minimum Gasteiger partial charge on any atom is -0.385 e. The van der Waals surface area contributed by atoms with Gasteiger partial charge in [-0.2, -0.15) is 5.26 Å². The van der Waals surface area contributed by atoms with Crippen LogP contribution in [0.25, 0.3) is 11.2 Å². The third-order valence-electron chi connectivity index (χ3n) is 5.83. The van der Waals surface area contributed by atoms with Crippen molar-refractivity contribution in [3.8, 4) is 6.07 Å². The van der Waals surface area contributed by atoms with Crippen LogP contribution in [-0.4, -0.2) is 83.1 Å². The second-order valence-electron chi connectivity index (χ2n) is 8.24. The lowest BCUT2D eigenvalue weighted by molar-refractivity contribution is 0.0663. The first kappa shape index (κ1) is 23.4. The normalized spacial score (nSPS) is 14.2. The lowest BCUT2D eigenvalue weighted by atomic mass is 10.1. The van der Waals surface area contributed by atoms with E-state index >= 15 is 0 Å². The summed E-state index contributed by atoms with van der Waals surface area (Å²) in [4.78, 5) is 39.0. The van der Waals surface area contributed by atoms with Gasteiger partial charge >= 0.3 is 0 Å². The molecule has 1 aliphatic heterocycles. The van der Waals surface area contributed by atoms with E-state index in [1.165, 1.54) is 6.07 Å². The van der Waals surface area contributed by atoms with Gasteiger partial charge in [0.1, 0.15) is 5.52 Å². The number of pyridine rings is 1. The van der Waals surface area contributed by atoms with Gasteiger partial charge in [-0.25, -0.2) is 9.97 Å². The lowest BCUT2D eigenvalue weighted by Gasteiger charge is -2.32. The Balaban J connectivity index is 1.63. The van der Waals surface area contributed by atoms with Gasteiger partial charge in [0.25, 0.3) is 11.8 Å². The van der Waals surface area contributed by atoms with Crippen molar-refractivity contribution in [1.29, 1.82) is 5.26 Å². The Bertz CT molecular complexity index is 1240. The zero-order valence-corrected chi connectivity index (χ0v) is 19.3. The smallest absolute Gasteiger partial charge is 0.258 e. The average Bonchev–Trinajstić information content (AvgIpc) is 3.20. The van der Waals surface area contributed by atoms with Crippen LogP contribution in [0.1, 0.15) is 32.7 Å². The van der Waals surface area contributed by atoms with Gasteiger partial charge in [-0.05, 0) is 37.7 Å². The zero-order valence-electron chi connectivity index (χ0n) is 19.3. The summed E-state index contributed by atoms with van der Waals surface area (Å²) < 4.78 is 6.98. The second kappa shape index (κ2) is 10.4. The van der Waals surface area contributed by atoms with Crippen molar-refractivity contribution >= 4 is 28.9 Å². The van der Waals surface area contributed by atoms with Crippen LogP contribution in [0.5, 0.6) is 0 Å². The molecule has 3 heterocycles. The quantitative estimate of drug-likeness (QED) is 0.535. The number of imidazole rings is 1. The van der Waals surface area contributed by atoms with Crippen molar-refractivity contribution < 1.29 is 14.3 Å². The first-order valence-corrected chi connectivity index (χ1v) is 11.1.